The van der Waals surface area contributed by atoms with Gasteiger partial charge in [-0.3, -0.25) is 0 Å². The van der Waals surface area contributed by atoms with Gasteiger partial charge in [-0.15, -0.1) is 0 Å². The fraction of sp³-hybridized carbons (Fsp3) is 0.600. The monoisotopic (exact) mass is 152 g/mol. The molecule has 62 valence electrons. The Hall–Kier alpha value is -0.720. The van der Waals surface area contributed by atoms with Gasteiger partial charge in [0, 0.05) is 5.92 Å². The van der Waals surface area contributed by atoms with Crippen LogP contribution in [0.25, 0.3) is 0 Å². The molecule has 0 aliphatic heterocycles. The first-order valence-electron chi connectivity index (χ1n) is 4.31. The standard InChI is InChI=1S/C10H16O/c1-4-5-9-6-10(8(2)3)11-7-9/h6-8H,4-5H2,1-3H3. The Balaban J connectivity index is 2.66. The minimum atomic E-state index is 0.514. The summed E-state index contributed by atoms with van der Waals surface area (Å²) in [6.45, 7) is 6.48. The van der Waals surface area contributed by atoms with Gasteiger partial charge in [-0.05, 0) is 18.1 Å². The molecule has 0 fully saturated rings. The average molecular weight is 152 g/mol. The second-order valence-corrected chi connectivity index (χ2v) is 3.26. The van der Waals surface area contributed by atoms with Crippen molar-refractivity contribution in [3.63, 3.8) is 0 Å². The van der Waals surface area contributed by atoms with Crippen molar-refractivity contribution in [3.8, 4) is 0 Å². The molecule has 0 radical (unpaired) electrons. The predicted molar refractivity (Wildman–Crippen MR) is 46.8 cm³/mol. The lowest BCUT2D eigenvalue weighted by Gasteiger charge is -1.95. The van der Waals surface area contributed by atoms with Crippen LogP contribution in [0.1, 0.15) is 44.4 Å². The summed E-state index contributed by atoms with van der Waals surface area (Å²) in [5, 5.41) is 0. The molecule has 1 aromatic rings. The minimum absolute atomic E-state index is 0.514. The van der Waals surface area contributed by atoms with Crippen molar-refractivity contribution in [3.05, 3.63) is 23.7 Å². The summed E-state index contributed by atoms with van der Waals surface area (Å²) in [6.07, 6.45) is 4.20. The van der Waals surface area contributed by atoms with E-state index in [-0.39, 0.29) is 0 Å². The Kier molecular flexibility index (Phi) is 2.75. The van der Waals surface area contributed by atoms with Crippen molar-refractivity contribution < 1.29 is 4.42 Å². The van der Waals surface area contributed by atoms with Gasteiger partial charge in [-0.25, -0.2) is 0 Å². The Bertz CT molecular complexity index is 210. The van der Waals surface area contributed by atoms with E-state index in [1.165, 1.54) is 12.0 Å². The fourth-order valence-electron chi connectivity index (χ4n) is 1.12. The Morgan fingerprint density at radius 2 is 2.18 bits per heavy atom. The minimum Gasteiger partial charge on any atom is -0.469 e. The van der Waals surface area contributed by atoms with Gasteiger partial charge >= 0.3 is 0 Å². The summed E-state index contributed by atoms with van der Waals surface area (Å²) < 4.78 is 5.38. The van der Waals surface area contributed by atoms with Gasteiger partial charge in [0.1, 0.15) is 5.76 Å². The summed E-state index contributed by atoms with van der Waals surface area (Å²) in [5.74, 6) is 1.62. The molecular weight excluding hydrogens is 136 g/mol. The molecule has 0 unspecified atom stereocenters. The molecule has 1 heterocycles. The van der Waals surface area contributed by atoms with Crippen molar-refractivity contribution in [1.82, 2.24) is 0 Å². The van der Waals surface area contributed by atoms with E-state index in [2.05, 4.69) is 26.8 Å². The van der Waals surface area contributed by atoms with Crippen molar-refractivity contribution in [2.24, 2.45) is 0 Å². The number of furan rings is 1. The third-order valence-electron chi connectivity index (χ3n) is 1.78. The molecule has 1 nitrogen and oxygen atoms in total. The van der Waals surface area contributed by atoms with E-state index < -0.39 is 0 Å². The van der Waals surface area contributed by atoms with Crippen LogP contribution in [0.4, 0.5) is 0 Å². The maximum atomic E-state index is 5.38. The van der Waals surface area contributed by atoms with Crippen LogP contribution < -0.4 is 0 Å². The van der Waals surface area contributed by atoms with E-state index in [4.69, 9.17) is 4.42 Å². The highest BCUT2D eigenvalue weighted by Crippen LogP contribution is 2.18. The molecule has 0 aliphatic carbocycles. The normalized spacial score (nSPS) is 10.9. The van der Waals surface area contributed by atoms with E-state index in [9.17, 15) is 0 Å². The largest absolute Gasteiger partial charge is 0.469 e. The predicted octanol–water partition coefficient (Wildman–Crippen LogP) is 3.36. The first-order chi connectivity index (χ1) is 5.24. The van der Waals surface area contributed by atoms with Gasteiger partial charge in [-0.2, -0.15) is 0 Å². The molecule has 1 heteroatoms. The average Bonchev–Trinajstić information content (AvgIpc) is 2.37. The van der Waals surface area contributed by atoms with Gasteiger partial charge in [0.15, 0.2) is 0 Å². The molecule has 0 saturated carbocycles. The molecule has 0 spiro atoms. The van der Waals surface area contributed by atoms with E-state index >= 15 is 0 Å². The zero-order chi connectivity index (χ0) is 8.27. The van der Waals surface area contributed by atoms with Crippen LogP contribution in [-0.4, -0.2) is 0 Å². The van der Waals surface area contributed by atoms with Gasteiger partial charge in [0.05, 0.1) is 6.26 Å². The Morgan fingerprint density at radius 1 is 1.45 bits per heavy atom. The summed E-state index contributed by atoms with van der Waals surface area (Å²) in [7, 11) is 0. The molecule has 0 atom stereocenters. The van der Waals surface area contributed by atoms with Crippen molar-refractivity contribution in [1.29, 1.82) is 0 Å². The van der Waals surface area contributed by atoms with Crippen LogP contribution in [0.3, 0.4) is 0 Å². The van der Waals surface area contributed by atoms with Gasteiger partial charge in [0.2, 0.25) is 0 Å². The lowest BCUT2D eigenvalue weighted by molar-refractivity contribution is 0.485. The van der Waals surface area contributed by atoms with Crippen LogP contribution in [0.5, 0.6) is 0 Å². The third kappa shape index (κ3) is 2.11. The first kappa shape index (κ1) is 8.38. The van der Waals surface area contributed by atoms with Crippen LogP contribution in [0, 0.1) is 0 Å². The van der Waals surface area contributed by atoms with Crippen LogP contribution >= 0.6 is 0 Å². The van der Waals surface area contributed by atoms with Crippen molar-refractivity contribution in [2.75, 3.05) is 0 Å². The van der Waals surface area contributed by atoms with Gasteiger partial charge in [-0.1, -0.05) is 27.2 Å². The maximum absolute atomic E-state index is 5.38. The molecule has 0 aromatic carbocycles. The zero-order valence-electron chi connectivity index (χ0n) is 7.55. The summed E-state index contributed by atoms with van der Waals surface area (Å²) in [6, 6.07) is 2.16. The van der Waals surface area contributed by atoms with Crippen LogP contribution in [0.15, 0.2) is 16.7 Å². The highest BCUT2D eigenvalue weighted by atomic mass is 16.3. The second-order valence-electron chi connectivity index (χ2n) is 3.26. The van der Waals surface area contributed by atoms with Crippen molar-refractivity contribution >= 4 is 0 Å². The summed E-state index contributed by atoms with van der Waals surface area (Å²) in [4.78, 5) is 0. The van der Waals surface area contributed by atoms with Crippen molar-refractivity contribution in [2.45, 2.75) is 39.5 Å². The van der Waals surface area contributed by atoms with Gasteiger partial charge < -0.3 is 4.42 Å². The molecule has 0 aliphatic rings. The van der Waals surface area contributed by atoms with E-state index in [0.717, 1.165) is 12.2 Å². The molecule has 0 N–H and O–H groups in total. The Labute approximate surface area is 68.4 Å². The molecule has 1 aromatic heterocycles. The molecule has 0 bridgehead atoms. The SMILES string of the molecule is CCCc1coc(C(C)C)c1. The highest BCUT2D eigenvalue weighted by molar-refractivity contribution is 5.14. The number of hydrogen-bond donors (Lipinski definition) is 0. The number of hydrogen-bond acceptors (Lipinski definition) is 1. The molecule has 11 heavy (non-hydrogen) atoms. The molecule has 0 saturated heterocycles. The topological polar surface area (TPSA) is 13.1 Å². The number of aryl methyl sites for hydroxylation is 1. The van der Waals surface area contributed by atoms with Crippen LogP contribution in [-0.2, 0) is 6.42 Å². The lowest BCUT2D eigenvalue weighted by atomic mass is 10.1. The second kappa shape index (κ2) is 3.61. The smallest absolute Gasteiger partial charge is 0.106 e. The summed E-state index contributed by atoms with van der Waals surface area (Å²) >= 11 is 0. The number of rotatable bonds is 3. The molecular formula is C10H16O. The van der Waals surface area contributed by atoms with E-state index in [1.807, 2.05) is 6.26 Å². The maximum Gasteiger partial charge on any atom is 0.106 e. The van der Waals surface area contributed by atoms with Crippen LogP contribution in [0.2, 0.25) is 0 Å². The zero-order valence-corrected chi connectivity index (χ0v) is 7.55. The van der Waals surface area contributed by atoms with Gasteiger partial charge in [0.25, 0.3) is 0 Å². The van der Waals surface area contributed by atoms with E-state index in [0.29, 0.717) is 5.92 Å². The quantitative estimate of drug-likeness (QED) is 0.647. The molecule has 0 amide bonds. The highest BCUT2D eigenvalue weighted by Gasteiger charge is 2.03. The fourth-order valence-corrected chi connectivity index (χ4v) is 1.12. The molecule has 1 rings (SSSR count). The first-order valence-corrected chi connectivity index (χ1v) is 4.31. The Morgan fingerprint density at radius 3 is 2.64 bits per heavy atom. The lowest BCUT2D eigenvalue weighted by Crippen LogP contribution is -1.81. The third-order valence-corrected chi connectivity index (χ3v) is 1.78. The van der Waals surface area contributed by atoms with E-state index in [1.54, 1.807) is 0 Å². The summed E-state index contributed by atoms with van der Waals surface area (Å²) in [5.41, 5.74) is 1.33.